The fourth-order valence-corrected chi connectivity index (χ4v) is 4.92. The maximum absolute atomic E-state index is 13.5. The first-order valence-corrected chi connectivity index (χ1v) is 12.1. The normalized spacial score (nSPS) is 14.7. The lowest BCUT2D eigenvalue weighted by Gasteiger charge is -2.24. The van der Waals surface area contributed by atoms with E-state index in [1.165, 1.54) is 18.9 Å². The van der Waals surface area contributed by atoms with Crippen molar-refractivity contribution in [1.29, 1.82) is 0 Å². The lowest BCUT2D eigenvalue weighted by molar-refractivity contribution is -0.119. The first-order chi connectivity index (χ1) is 16.9. The Labute approximate surface area is 204 Å². The molecular weight excluding hydrogens is 442 g/mol. The molecule has 35 heavy (non-hydrogen) atoms. The molecule has 182 valence electrons. The second-order valence-electron chi connectivity index (χ2n) is 9.43. The molecule has 8 heteroatoms. The summed E-state index contributed by atoms with van der Waals surface area (Å²) in [5.41, 5.74) is 3.66. The van der Waals surface area contributed by atoms with Gasteiger partial charge in [0.05, 0.1) is 16.6 Å². The smallest absolute Gasteiger partial charge is 0.253 e. The zero-order valence-corrected chi connectivity index (χ0v) is 20.4. The molecule has 0 spiro atoms. The van der Waals surface area contributed by atoms with Crippen molar-refractivity contribution in [3.63, 3.8) is 0 Å². The summed E-state index contributed by atoms with van der Waals surface area (Å²) >= 11 is 0. The minimum atomic E-state index is -0.277. The van der Waals surface area contributed by atoms with E-state index in [-0.39, 0.29) is 24.5 Å². The van der Waals surface area contributed by atoms with Crippen molar-refractivity contribution in [3.8, 4) is 0 Å². The van der Waals surface area contributed by atoms with Crippen molar-refractivity contribution in [2.75, 3.05) is 19.0 Å². The molecule has 0 bridgehead atoms. The first-order valence-electron chi connectivity index (χ1n) is 12.1. The number of carbonyl (C=O) groups excluding carboxylic acids is 2. The monoisotopic (exact) mass is 473 g/mol. The fraction of sp³-hybridized carbons (Fsp3) is 0.370. The molecular formula is C27H31N5O3. The first kappa shape index (κ1) is 23.1. The van der Waals surface area contributed by atoms with E-state index in [0.717, 1.165) is 29.7 Å². The Balaban J connectivity index is 1.44. The summed E-state index contributed by atoms with van der Waals surface area (Å²) in [5.74, 6) is 0.939. The Morgan fingerprint density at radius 3 is 2.74 bits per heavy atom. The van der Waals surface area contributed by atoms with Gasteiger partial charge in [-0.1, -0.05) is 24.6 Å². The van der Waals surface area contributed by atoms with Crippen molar-refractivity contribution in [2.45, 2.75) is 44.7 Å². The average molecular weight is 474 g/mol. The van der Waals surface area contributed by atoms with Crippen LogP contribution in [0.4, 0.5) is 5.69 Å². The van der Waals surface area contributed by atoms with E-state index in [4.69, 9.17) is 9.72 Å². The molecule has 0 aliphatic heterocycles. The number of imidazole rings is 1. The number of rotatable bonds is 8. The lowest BCUT2D eigenvalue weighted by atomic mass is 9.85. The van der Waals surface area contributed by atoms with E-state index >= 15 is 0 Å². The summed E-state index contributed by atoms with van der Waals surface area (Å²) in [6.45, 7) is 2.58. The third-order valence-electron chi connectivity index (χ3n) is 6.81. The summed E-state index contributed by atoms with van der Waals surface area (Å²) in [4.78, 5) is 30.6. The second kappa shape index (κ2) is 9.54. The fourth-order valence-electron chi connectivity index (χ4n) is 4.92. The number of hydrogen-bond acceptors (Lipinski definition) is 4. The maximum atomic E-state index is 13.5. The van der Waals surface area contributed by atoms with Crippen LogP contribution in [-0.4, -0.2) is 45.7 Å². The average Bonchev–Trinajstić information content (AvgIpc) is 3.33. The topological polar surface area (TPSA) is 90.2 Å². The molecule has 1 aliphatic carbocycles. The maximum Gasteiger partial charge on any atom is 0.253 e. The minimum absolute atomic E-state index is 0.0586. The number of carbonyl (C=O) groups is 2. The van der Waals surface area contributed by atoms with Crippen molar-refractivity contribution in [1.82, 2.24) is 19.4 Å². The molecule has 2 amide bonds. The van der Waals surface area contributed by atoms with Crippen LogP contribution in [0.3, 0.4) is 0 Å². The summed E-state index contributed by atoms with van der Waals surface area (Å²) < 4.78 is 9.13. The quantitative estimate of drug-likeness (QED) is 0.401. The molecule has 2 aromatic carbocycles. The molecule has 2 N–H and O–H groups in total. The molecule has 4 aromatic rings. The second-order valence-corrected chi connectivity index (χ2v) is 9.43. The molecule has 1 saturated carbocycles. The highest BCUT2D eigenvalue weighted by Crippen LogP contribution is 2.38. The van der Waals surface area contributed by atoms with E-state index in [1.807, 2.05) is 42.9 Å². The van der Waals surface area contributed by atoms with Gasteiger partial charge in [-0.15, -0.1) is 0 Å². The van der Waals surface area contributed by atoms with Gasteiger partial charge >= 0.3 is 0 Å². The molecule has 1 atom stereocenters. The van der Waals surface area contributed by atoms with Gasteiger partial charge in [-0.05, 0) is 49.4 Å². The van der Waals surface area contributed by atoms with Crippen molar-refractivity contribution in [2.24, 2.45) is 7.05 Å². The number of nitrogens with one attached hydrogen (secondary N) is 2. The van der Waals surface area contributed by atoms with E-state index in [2.05, 4.69) is 33.4 Å². The molecule has 1 unspecified atom stereocenters. The molecule has 5 rings (SSSR count). The van der Waals surface area contributed by atoms with Crippen molar-refractivity contribution < 1.29 is 14.3 Å². The molecule has 2 aromatic heterocycles. The largest absolute Gasteiger partial charge is 0.375 e. The number of amides is 2. The van der Waals surface area contributed by atoms with Crippen molar-refractivity contribution >= 4 is 39.4 Å². The van der Waals surface area contributed by atoms with Gasteiger partial charge in [-0.25, -0.2) is 4.98 Å². The van der Waals surface area contributed by atoms with Gasteiger partial charge in [0, 0.05) is 50.1 Å². The van der Waals surface area contributed by atoms with Gasteiger partial charge in [-0.2, -0.15) is 0 Å². The number of para-hydroxylation sites is 1. The molecule has 0 radical (unpaired) electrons. The lowest BCUT2D eigenvalue weighted by Crippen LogP contribution is -2.35. The third-order valence-corrected chi connectivity index (χ3v) is 6.81. The third kappa shape index (κ3) is 4.53. The van der Waals surface area contributed by atoms with Crippen LogP contribution < -0.4 is 10.6 Å². The summed E-state index contributed by atoms with van der Waals surface area (Å²) in [6, 6.07) is 13.7. The van der Waals surface area contributed by atoms with Crippen LogP contribution in [0.5, 0.6) is 0 Å². The van der Waals surface area contributed by atoms with Gasteiger partial charge in [0.1, 0.15) is 12.4 Å². The molecule has 0 saturated heterocycles. The van der Waals surface area contributed by atoms with Gasteiger partial charge in [0.15, 0.2) is 0 Å². The van der Waals surface area contributed by atoms with Crippen LogP contribution >= 0.6 is 0 Å². The number of aromatic nitrogens is 3. The highest BCUT2D eigenvalue weighted by molar-refractivity contribution is 6.08. The van der Waals surface area contributed by atoms with Crippen molar-refractivity contribution in [3.05, 3.63) is 60.0 Å². The number of methoxy groups -OCH3 is 1. The van der Waals surface area contributed by atoms with E-state index in [9.17, 15) is 9.59 Å². The number of anilines is 1. The summed E-state index contributed by atoms with van der Waals surface area (Å²) in [7, 11) is 3.44. The van der Waals surface area contributed by atoms with Crippen LogP contribution in [0.2, 0.25) is 0 Å². The molecule has 8 nitrogen and oxygen atoms in total. The summed E-state index contributed by atoms with van der Waals surface area (Å²) in [6.07, 6.45) is 5.46. The number of fused-ring (bicyclic) bond motifs is 2. The Morgan fingerprint density at radius 2 is 2.00 bits per heavy atom. The van der Waals surface area contributed by atoms with Crippen LogP contribution in [-0.2, 0) is 23.1 Å². The number of ether oxygens (including phenoxy) is 1. The highest BCUT2D eigenvalue weighted by atomic mass is 16.5. The van der Waals surface area contributed by atoms with Gasteiger partial charge in [-0.3, -0.25) is 9.59 Å². The van der Waals surface area contributed by atoms with E-state index < -0.39 is 0 Å². The summed E-state index contributed by atoms with van der Waals surface area (Å²) in [5, 5.41) is 7.15. The molecule has 1 aliphatic rings. The Morgan fingerprint density at radius 1 is 1.20 bits per heavy atom. The minimum Gasteiger partial charge on any atom is -0.375 e. The molecule has 1 fully saturated rings. The Hall–Kier alpha value is -3.65. The number of nitrogens with zero attached hydrogens (tertiary/aromatic N) is 3. The predicted octanol–water partition coefficient (Wildman–Crippen LogP) is 4.20. The van der Waals surface area contributed by atoms with Gasteiger partial charge in [0.2, 0.25) is 5.91 Å². The number of benzene rings is 2. The van der Waals surface area contributed by atoms with E-state index in [1.54, 1.807) is 6.07 Å². The zero-order chi connectivity index (χ0) is 24.5. The molecule has 2 heterocycles. The predicted molar refractivity (Wildman–Crippen MR) is 137 cm³/mol. The standard InChI is InChI=1S/C27H31N5O3/c1-17(15-32-12-11-18-7-4-5-10-23(18)32)28-27(34)21-13-20(29-24(33)16-35-3)14-22-25(21)31(2)26(30-22)19-8-6-9-19/h4-5,7,10-14,17,19H,6,8-9,15-16H2,1-3H3,(H,28,34)(H,29,33). The van der Waals surface area contributed by atoms with Gasteiger partial charge < -0.3 is 24.5 Å². The zero-order valence-electron chi connectivity index (χ0n) is 20.4. The van der Waals surface area contributed by atoms with Crippen LogP contribution in [0, 0.1) is 0 Å². The Kier molecular flexibility index (Phi) is 6.30. The van der Waals surface area contributed by atoms with Gasteiger partial charge in [0.25, 0.3) is 5.91 Å². The SMILES string of the molecule is COCC(=O)Nc1cc(C(=O)NC(C)Cn2ccc3ccccc32)c2c(c1)nc(C1CCC1)n2C. The Bertz CT molecular complexity index is 1400. The highest BCUT2D eigenvalue weighted by Gasteiger charge is 2.27. The number of aryl methyl sites for hydroxylation is 1. The van der Waals surface area contributed by atoms with Crippen LogP contribution in [0.25, 0.3) is 21.9 Å². The van der Waals surface area contributed by atoms with Crippen LogP contribution in [0.1, 0.15) is 48.3 Å². The van der Waals surface area contributed by atoms with E-state index in [0.29, 0.717) is 29.2 Å². The van der Waals surface area contributed by atoms with Crippen LogP contribution in [0.15, 0.2) is 48.7 Å². The number of hydrogen-bond donors (Lipinski definition) is 2.